The Labute approximate surface area is 131 Å². The number of hydrogen-bond donors (Lipinski definition) is 1. The van der Waals surface area contributed by atoms with Gasteiger partial charge in [0.15, 0.2) is 0 Å². The van der Waals surface area contributed by atoms with Gasteiger partial charge >= 0.3 is 0 Å². The summed E-state index contributed by atoms with van der Waals surface area (Å²) < 4.78 is 33.2. The highest BCUT2D eigenvalue weighted by molar-refractivity contribution is 7.89. The van der Waals surface area contributed by atoms with Crippen LogP contribution in [0.4, 0.5) is 0 Å². The van der Waals surface area contributed by atoms with Gasteiger partial charge in [-0.3, -0.25) is 0 Å². The van der Waals surface area contributed by atoms with Crippen LogP contribution in [0.1, 0.15) is 13.8 Å². The molecule has 7 heteroatoms. The van der Waals surface area contributed by atoms with Crippen LogP contribution >= 0.6 is 11.6 Å². The van der Waals surface area contributed by atoms with Crippen molar-refractivity contribution in [3.8, 4) is 5.75 Å². The van der Waals surface area contributed by atoms with Gasteiger partial charge in [-0.2, -0.15) is 0 Å². The van der Waals surface area contributed by atoms with Gasteiger partial charge in [-0.1, -0.05) is 25.4 Å². The van der Waals surface area contributed by atoms with Crippen LogP contribution < -0.4 is 9.46 Å². The van der Waals surface area contributed by atoms with E-state index in [1.165, 1.54) is 19.2 Å². The maximum absolute atomic E-state index is 12.6. The van der Waals surface area contributed by atoms with Crippen molar-refractivity contribution >= 4 is 21.6 Å². The number of likely N-dealkylation sites (N-methyl/N-ethyl adjacent to an activating group) is 1. The standard InChI is InChI=1S/C14H21ClN2O3S/c1-14(2)9-17(3)8-13(14)16-21(18,19)12-6-5-10(15)7-11(12)20-4/h5-7,13,16H,8-9H2,1-4H3. The molecule has 21 heavy (non-hydrogen) atoms. The molecule has 1 saturated heterocycles. The van der Waals surface area contributed by atoms with Crippen molar-refractivity contribution in [2.24, 2.45) is 5.41 Å². The van der Waals surface area contributed by atoms with Crippen LogP contribution in [-0.4, -0.2) is 46.6 Å². The third-order valence-electron chi connectivity index (χ3n) is 3.83. The van der Waals surface area contributed by atoms with Crippen LogP contribution in [-0.2, 0) is 10.0 Å². The third kappa shape index (κ3) is 3.51. The zero-order valence-corrected chi connectivity index (χ0v) is 14.3. The fourth-order valence-corrected chi connectivity index (χ4v) is 4.45. The normalized spacial score (nSPS) is 22.4. The molecule has 0 aliphatic carbocycles. The fraction of sp³-hybridized carbons (Fsp3) is 0.571. The Morgan fingerprint density at radius 3 is 2.62 bits per heavy atom. The molecule has 1 atom stereocenters. The lowest BCUT2D eigenvalue weighted by atomic mass is 9.89. The summed E-state index contributed by atoms with van der Waals surface area (Å²) in [5.74, 6) is 0.249. The van der Waals surface area contributed by atoms with Gasteiger partial charge < -0.3 is 9.64 Å². The van der Waals surface area contributed by atoms with Gasteiger partial charge in [0.25, 0.3) is 0 Å². The molecule has 0 radical (unpaired) electrons. The van der Waals surface area contributed by atoms with Crippen molar-refractivity contribution in [2.45, 2.75) is 24.8 Å². The molecule has 1 unspecified atom stereocenters. The molecule has 0 spiro atoms. The lowest BCUT2D eigenvalue weighted by molar-refractivity contribution is 0.315. The molecule has 1 aliphatic heterocycles. The summed E-state index contributed by atoms with van der Waals surface area (Å²) in [6.45, 7) is 5.64. The minimum absolute atomic E-state index is 0.111. The van der Waals surface area contributed by atoms with Crippen LogP contribution in [0.25, 0.3) is 0 Å². The number of halogens is 1. The predicted molar refractivity (Wildman–Crippen MR) is 83.4 cm³/mol. The predicted octanol–water partition coefficient (Wildman–Crippen LogP) is 1.97. The Morgan fingerprint density at radius 2 is 2.10 bits per heavy atom. The minimum Gasteiger partial charge on any atom is -0.495 e. The molecule has 1 N–H and O–H groups in total. The first kappa shape index (κ1) is 16.5. The van der Waals surface area contributed by atoms with E-state index in [9.17, 15) is 8.42 Å². The molecule has 0 saturated carbocycles. The molecule has 1 fully saturated rings. The summed E-state index contributed by atoms with van der Waals surface area (Å²) in [6, 6.07) is 4.37. The Kier molecular flexibility index (Phi) is 4.54. The second-order valence-electron chi connectivity index (χ2n) is 6.15. The van der Waals surface area contributed by atoms with E-state index < -0.39 is 10.0 Å². The average Bonchev–Trinajstić information content (AvgIpc) is 2.60. The van der Waals surface area contributed by atoms with Gasteiger partial charge in [-0.25, -0.2) is 13.1 Å². The summed E-state index contributed by atoms with van der Waals surface area (Å²) in [5, 5.41) is 0.437. The van der Waals surface area contributed by atoms with Crippen molar-refractivity contribution in [2.75, 3.05) is 27.2 Å². The lowest BCUT2D eigenvalue weighted by Crippen LogP contribution is -2.44. The quantitative estimate of drug-likeness (QED) is 0.915. The van der Waals surface area contributed by atoms with Crippen LogP contribution in [0.3, 0.4) is 0 Å². The monoisotopic (exact) mass is 332 g/mol. The van der Waals surface area contributed by atoms with Gasteiger partial charge in [0.2, 0.25) is 10.0 Å². The van der Waals surface area contributed by atoms with E-state index in [1.54, 1.807) is 6.07 Å². The number of ether oxygens (including phenoxy) is 1. The van der Waals surface area contributed by atoms with Gasteiger partial charge in [0.1, 0.15) is 10.6 Å². The lowest BCUT2D eigenvalue weighted by Gasteiger charge is -2.26. The topological polar surface area (TPSA) is 58.6 Å². The molecule has 1 aromatic carbocycles. The summed E-state index contributed by atoms with van der Waals surface area (Å²) in [5.41, 5.74) is -0.124. The molecule has 1 aliphatic rings. The Hall–Kier alpha value is -0.820. The summed E-state index contributed by atoms with van der Waals surface area (Å²) in [7, 11) is -0.244. The molecule has 5 nitrogen and oxygen atoms in total. The van der Waals surface area contributed by atoms with Gasteiger partial charge in [0.05, 0.1) is 7.11 Å². The minimum atomic E-state index is -3.66. The van der Waals surface area contributed by atoms with E-state index >= 15 is 0 Å². The summed E-state index contributed by atoms with van der Waals surface area (Å²) in [4.78, 5) is 2.23. The first-order valence-electron chi connectivity index (χ1n) is 6.70. The molecular weight excluding hydrogens is 312 g/mol. The van der Waals surface area contributed by atoms with Crippen molar-refractivity contribution in [1.29, 1.82) is 0 Å². The maximum atomic E-state index is 12.6. The van der Waals surface area contributed by atoms with Gasteiger partial charge in [-0.15, -0.1) is 0 Å². The van der Waals surface area contributed by atoms with Crippen LogP contribution in [0.2, 0.25) is 5.02 Å². The van der Waals surface area contributed by atoms with Crippen LogP contribution in [0, 0.1) is 5.41 Å². The number of methoxy groups -OCH3 is 1. The first-order valence-corrected chi connectivity index (χ1v) is 8.56. The van der Waals surface area contributed by atoms with Crippen molar-refractivity contribution < 1.29 is 13.2 Å². The van der Waals surface area contributed by atoms with E-state index in [-0.39, 0.29) is 22.1 Å². The van der Waals surface area contributed by atoms with E-state index in [0.29, 0.717) is 11.6 Å². The highest BCUT2D eigenvalue weighted by atomic mass is 35.5. The van der Waals surface area contributed by atoms with Crippen LogP contribution in [0.15, 0.2) is 23.1 Å². The molecular formula is C14H21ClN2O3S. The highest BCUT2D eigenvalue weighted by Gasteiger charge is 2.40. The first-order chi connectivity index (χ1) is 9.65. The third-order valence-corrected chi connectivity index (χ3v) is 5.57. The zero-order valence-electron chi connectivity index (χ0n) is 12.7. The molecule has 118 valence electrons. The largest absolute Gasteiger partial charge is 0.495 e. The Bertz CT molecular complexity index is 631. The van der Waals surface area contributed by atoms with E-state index in [4.69, 9.17) is 16.3 Å². The average molecular weight is 333 g/mol. The fourth-order valence-electron chi connectivity index (χ4n) is 2.74. The number of nitrogens with one attached hydrogen (secondary N) is 1. The van der Waals surface area contributed by atoms with Crippen molar-refractivity contribution in [3.05, 3.63) is 23.2 Å². The molecule has 1 aromatic rings. The van der Waals surface area contributed by atoms with Crippen molar-refractivity contribution in [3.63, 3.8) is 0 Å². The molecule has 0 aromatic heterocycles. The molecule has 0 bridgehead atoms. The molecule has 0 amide bonds. The molecule has 2 rings (SSSR count). The highest BCUT2D eigenvalue weighted by Crippen LogP contribution is 2.32. The van der Waals surface area contributed by atoms with Gasteiger partial charge in [-0.05, 0) is 24.6 Å². The number of nitrogens with zero attached hydrogens (tertiary/aromatic N) is 1. The number of rotatable bonds is 4. The smallest absolute Gasteiger partial charge is 0.244 e. The number of benzene rings is 1. The number of sulfonamides is 1. The van der Waals surface area contributed by atoms with E-state index in [0.717, 1.165) is 6.54 Å². The summed E-state index contributed by atoms with van der Waals surface area (Å²) in [6.07, 6.45) is 0. The Morgan fingerprint density at radius 1 is 1.43 bits per heavy atom. The maximum Gasteiger partial charge on any atom is 0.244 e. The van der Waals surface area contributed by atoms with Crippen LogP contribution in [0.5, 0.6) is 5.75 Å². The second-order valence-corrected chi connectivity index (χ2v) is 8.27. The summed E-state index contributed by atoms with van der Waals surface area (Å²) >= 11 is 5.88. The second kappa shape index (κ2) is 5.76. The zero-order chi connectivity index (χ0) is 15.8. The molecule has 1 heterocycles. The number of likely N-dealkylation sites (tertiary alicyclic amines) is 1. The van der Waals surface area contributed by atoms with E-state index in [2.05, 4.69) is 23.5 Å². The SMILES string of the molecule is COc1cc(Cl)ccc1S(=O)(=O)NC1CN(C)CC1(C)C. The van der Waals surface area contributed by atoms with Gasteiger partial charge in [0, 0.05) is 30.2 Å². The number of hydrogen-bond acceptors (Lipinski definition) is 4. The van der Waals surface area contributed by atoms with Crippen molar-refractivity contribution in [1.82, 2.24) is 9.62 Å². The van der Waals surface area contributed by atoms with E-state index in [1.807, 2.05) is 7.05 Å². The Balaban J connectivity index is 2.31.